The monoisotopic (exact) mass is 410 g/mol. The number of carbonyl (C=O) groups is 1. The average molecular weight is 410 g/mol. The van der Waals surface area contributed by atoms with E-state index in [0.717, 1.165) is 12.1 Å². The number of anilines is 1. The molecule has 0 fully saturated rings. The van der Waals surface area contributed by atoms with Crippen LogP contribution >= 0.6 is 0 Å². The van der Waals surface area contributed by atoms with E-state index in [2.05, 4.69) is 20.1 Å². The first kappa shape index (κ1) is 18.7. The fourth-order valence-electron chi connectivity index (χ4n) is 2.80. The topological polar surface area (TPSA) is 71.4 Å². The second-order valence-electron chi connectivity index (χ2n) is 6.13. The quantitative estimate of drug-likeness (QED) is 0.493. The standard InChI is InChI=1S/C18H11F5N4O2/c19-12-3-10-14(4-13(12)20)24-6-15(10)26-17(28)11-5-25-27-7-9(1-2-16(11)27)29-8-18(21,22)23/h1-7,24H,8H2,(H,26,28). The first-order chi connectivity index (χ1) is 13.7. The fourth-order valence-corrected chi connectivity index (χ4v) is 2.80. The van der Waals surface area contributed by atoms with Crippen LogP contribution in [0.5, 0.6) is 5.75 Å². The molecule has 29 heavy (non-hydrogen) atoms. The highest BCUT2D eigenvalue weighted by atomic mass is 19.4. The van der Waals surface area contributed by atoms with Gasteiger partial charge in [-0.2, -0.15) is 18.3 Å². The molecule has 0 radical (unpaired) electrons. The zero-order valence-electron chi connectivity index (χ0n) is 14.3. The molecule has 3 heterocycles. The van der Waals surface area contributed by atoms with Crippen molar-refractivity contribution >= 4 is 28.0 Å². The number of hydrogen-bond donors (Lipinski definition) is 2. The molecule has 0 atom stereocenters. The molecule has 1 amide bonds. The van der Waals surface area contributed by atoms with Crippen molar-refractivity contribution in [3.05, 3.63) is 60.1 Å². The number of carbonyl (C=O) groups excluding carboxylic acids is 1. The molecule has 0 unspecified atom stereocenters. The molecular weight excluding hydrogens is 399 g/mol. The summed E-state index contributed by atoms with van der Waals surface area (Å²) in [5.74, 6) is -2.74. The van der Waals surface area contributed by atoms with E-state index in [1.54, 1.807) is 0 Å². The van der Waals surface area contributed by atoms with Crippen molar-refractivity contribution in [3.63, 3.8) is 0 Å². The maximum absolute atomic E-state index is 13.5. The van der Waals surface area contributed by atoms with Gasteiger partial charge in [-0.1, -0.05) is 0 Å². The molecule has 0 aliphatic rings. The number of benzene rings is 1. The summed E-state index contributed by atoms with van der Waals surface area (Å²) in [6.45, 7) is -1.45. The molecule has 3 aromatic heterocycles. The molecule has 0 bridgehead atoms. The minimum Gasteiger partial charge on any atom is -0.483 e. The summed E-state index contributed by atoms with van der Waals surface area (Å²) >= 11 is 0. The van der Waals surface area contributed by atoms with Gasteiger partial charge in [0.2, 0.25) is 0 Å². The highest BCUT2D eigenvalue weighted by Gasteiger charge is 2.28. The van der Waals surface area contributed by atoms with Gasteiger partial charge < -0.3 is 15.0 Å². The van der Waals surface area contributed by atoms with Crippen LogP contribution in [-0.2, 0) is 0 Å². The van der Waals surface area contributed by atoms with E-state index in [-0.39, 0.29) is 22.4 Å². The van der Waals surface area contributed by atoms with Gasteiger partial charge in [-0.15, -0.1) is 0 Å². The maximum Gasteiger partial charge on any atom is 0.422 e. The van der Waals surface area contributed by atoms with E-state index in [1.165, 1.54) is 35.2 Å². The number of aromatic amines is 1. The van der Waals surface area contributed by atoms with Gasteiger partial charge in [0.05, 0.1) is 34.7 Å². The Labute approximate surface area is 158 Å². The molecule has 0 saturated carbocycles. The van der Waals surface area contributed by atoms with Gasteiger partial charge in [0.1, 0.15) is 5.75 Å². The second-order valence-corrected chi connectivity index (χ2v) is 6.13. The van der Waals surface area contributed by atoms with Gasteiger partial charge in [-0.3, -0.25) is 4.79 Å². The zero-order valence-corrected chi connectivity index (χ0v) is 14.3. The van der Waals surface area contributed by atoms with E-state index >= 15 is 0 Å². The van der Waals surface area contributed by atoms with Gasteiger partial charge in [-0.25, -0.2) is 13.3 Å². The summed E-state index contributed by atoms with van der Waals surface area (Å²) in [6.07, 6.45) is -0.656. The molecule has 11 heteroatoms. The van der Waals surface area contributed by atoms with Gasteiger partial charge >= 0.3 is 6.18 Å². The van der Waals surface area contributed by atoms with Crippen molar-refractivity contribution in [1.29, 1.82) is 0 Å². The van der Waals surface area contributed by atoms with Gasteiger partial charge in [0.25, 0.3) is 5.91 Å². The van der Waals surface area contributed by atoms with E-state index < -0.39 is 30.3 Å². The van der Waals surface area contributed by atoms with Crippen LogP contribution in [0, 0.1) is 11.6 Å². The SMILES string of the molecule is O=C(Nc1c[nH]c2cc(F)c(F)cc12)c1cnn2cc(OCC(F)(F)F)ccc12. The number of nitrogens with one attached hydrogen (secondary N) is 2. The Morgan fingerprint density at radius 3 is 2.72 bits per heavy atom. The third kappa shape index (κ3) is 3.71. The summed E-state index contributed by atoms with van der Waals surface area (Å²) in [6, 6.07) is 4.59. The van der Waals surface area contributed by atoms with Crippen LogP contribution in [0.15, 0.2) is 42.9 Å². The molecule has 0 saturated heterocycles. The van der Waals surface area contributed by atoms with E-state index in [0.29, 0.717) is 11.0 Å². The number of pyridine rings is 1. The minimum absolute atomic E-state index is 0.0704. The summed E-state index contributed by atoms with van der Waals surface area (Å²) in [7, 11) is 0. The maximum atomic E-state index is 13.5. The van der Waals surface area contributed by atoms with Crippen molar-refractivity contribution in [1.82, 2.24) is 14.6 Å². The molecule has 4 aromatic rings. The molecule has 4 rings (SSSR count). The number of amides is 1. The van der Waals surface area contributed by atoms with Crippen molar-refractivity contribution in [2.24, 2.45) is 0 Å². The Kier molecular flexibility index (Phi) is 4.36. The lowest BCUT2D eigenvalue weighted by molar-refractivity contribution is -0.153. The van der Waals surface area contributed by atoms with E-state index in [9.17, 15) is 26.7 Å². The number of aromatic nitrogens is 3. The largest absolute Gasteiger partial charge is 0.483 e. The lowest BCUT2D eigenvalue weighted by Gasteiger charge is -2.09. The number of H-pyrrole nitrogens is 1. The second kappa shape index (κ2) is 6.76. The smallest absolute Gasteiger partial charge is 0.422 e. The number of fused-ring (bicyclic) bond motifs is 2. The Morgan fingerprint density at radius 1 is 1.21 bits per heavy atom. The number of hydrogen-bond acceptors (Lipinski definition) is 3. The highest BCUT2D eigenvalue weighted by Crippen LogP contribution is 2.27. The molecule has 1 aromatic carbocycles. The van der Waals surface area contributed by atoms with Crippen molar-refractivity contribution in [3.8, 4) is 5.75 Å². The Morgan fingerprint density at radius 2 is 1.97 bits per heavy atom. The number of nitrogens with zero attached hydrogens (tertiary/aromatic N) is 2. The number of rotatable bonds is 4. The van der Waals surface area contributed by atoms with Crippen LogP contribution in [0.1, 0.15) is 10.4 Å². The Hall–Kier alpha value is -3.63. The van der Waals surface area contributed by atoms with Crippen LogP contribution in [0.2, 0.25) is 0 Å². The van der Waals surface area contributed by atoms with Gasteiger partial charge in [0, 0.05) is 17.6 Å². The minimum atomic E-state index is -4.48. The number of ether oxygens (including phenoxy) is 1. The first-order valence-electron chi connectivity index (χ1n) is 8.16. The van der Waals surface area contributed by atoms with Crippen LogP contribution in [0.3, 0.4) is 0 Å². The Bertz CT molecular complexity index is 1230. The molecule has 0 aliphatic heterocycles. The molecular formula is C18H11F5N4O2. The molecule has 6 nitrogen and oxygen atoms in total. The number of halogens is 5. The third-order valence-corrected chi connectivity index (χ3v) is 4.11. The lowest BCUT2D eigenvalue weighted by atomic mass is 10.2. The summed E-state index contributed by atoms with van der Waals surface area (Å²) < 4.78 is 69.4. The van der Waals surface area contributed by atoms with Gasteiger partial charge in [-0.05, 0) is 18.2 Å². The first-order valence-corrected chi connectivity index (χ1v) is 8.16. The molecule has 0 spiro atoms. The Balaban J connectivity index is 1.58. The predicted octanol–water partition coefficient (Wildman–Crippen LogP) is 4.29. The fraction of sp³-hybridized carbons (Fsp3) is 0.111. The summed E-state index contributed by atoms with van der Waals surface area (Å²) in [5, 5.41) is 6.79. The third-order valence-electron chi connectivity index (χ3n) is 4.11. The number of alkyl halides is 3. The predicted molar refractivity (Wildman–Crippen MR) is 92.9 cm³/mol. The van der Waals surface area contributed by atoms with E-state index in [1.807, 2.05) is 0 Å². The average Bonchev–Trinajstić information content (AvgIpc) is 3.24. The summed E-state index contributed by atoms with van der Waals surface area (Å²) in [5.41, 5.74) is 0.974. The summed E-state index contributed by atoms with van der Waals surface area (Å²) in [4.78, 5) is 15.3. The van der Waals surface area contributed by atoms with Gasteiger partial charge in [0.15, 0.2) is 18.2 Å². The van der Waals surface area contributed by atoms with Crippen molar-refractivity contribution in [2.45, 2.75) is 6.18 Å². The zero-order chi connectivity index (χ0) is 20.8. The van der Waals surface area contributed by atoms with Crippen molar-refractivity contribution < 1.29 is 31.5 Å². The molecule has 2 N–H and O–H groups in total. The molecule has 0 aliphatic carbocycles. The molecule has 150 valence electrons. The van der Waals surface area contributed by atoms with Crippen LogP contribution in [-0.4, -0.2) is 33.3 Å². The normalized spacial score (nSPS) is 11.9. The van der Waals surface area contributed by atoms with Crippen molar-refractivity contribution in [2.75, 3.05) is 11.9 Å². The lowest BCUT2D eigenvalue weighted by Crippen LogP contribution is -2.19. The van der Waals surface area contributed by atoms with Crippen LogP contribution < -0.4 is 10.1 Å². The van der Waals surface area contributed by atoms with E-state index in [4.69, 9.17) is 0 Å². The van der Waals surface area contributed by atoms with Crippen LogP contribution in [0.25, 0.3) is 16.4 Å². The highest BCUT2D eigenvalue weighted by molar-refractivity contribution is 6.12. The van der Waals surface area contributed by atoms with Crippen LogP contribution in [0.4, 0.5) is 27.6 Å².